The third-order valence-corrected chi connectivity index (χ3v) is 4.34. The number of halogens is 1. The van der Waals surface area contributed by atoms with Gasteiger partial charge in [-0.05, 0) is 48.6 Å². The van der Waals surface area contributed by atoms with E-state index in [0.717, 1.165) is 23.9 Å². The highest BCUT2D eigenvalue weighted by molar-refractivity contribution is 9.10. The molecule has 0 spiro atoms. The average molecular weight is 346 g/mol. The number of hydrogen-bond donors (Lipinski definition) is 1. The first-order valence-electron chi connectivity index (χ1n) is 7.73. The van der Waals surface area contributed by atoms with Crippen molar-refractivity contribution < 1.29 is 0 Å². The Labute approximate surface area is 136 Å². The maximum Gasteiger partial charge on any atom is 0.0349 e. The van der Waals surface area contributed by atoms with E-state index in [9.17, 15) is 0 Å². The fourth-order valence-electron chi connectivity index (χ4n) is 2.72. The summed E-state index contributed by atoms with van der Waals surface area (Å²) in [5.41, 5.74) is 2.78. The fourth-order valence-corrected chi connectivity index (χ4v) is 2.98. The summed E-state index contributed by atoms with van der Waals surface area (Å²) in [5, 5.41) is 3.71. The molecule has 0 aromatic heterocycles. The zero-order valence-electron chi connectivity index (χ0n) is 12.9. The lowest BCUT2D eigenvalue weighted by Gasteiger charge is -2.26. The van der Waals surface area contributed by atoms with Gasteiger partial charge in [0.25, 0.3) is 0 Å². The molecule has 21 heavy (non-hydrogen) atoms. The van der Waals surface area contributed by atoms with Gasteiger partial charge in [0.1, 0.15) is 0 Å². The van der Waals surface area contributed by atoms with Gasteiger partial charge in [0, 0.05) is 10.5 Å². The average Bonchev–Trinajstić information content (AvgIpc) is 2.51. The summed E-state index contributed by atoms with van der Waals surface area (Å²) in [4.78, 5) is 0. The van der Waals surface area contributed by atoms with Gasteiger partial charge in [-0.3, -0.25) is 0 Å². The lowest BCUT2D eigenvalue weighted by Crippen LogP contribution is -2.28. The maximum absolute atomic E-state index is 3.71. The Hall–Kier alpha value is -1.12. The van der Waals surface area contributed by atoms with E-state index >= 15 is 0 Å². The van der Waals surface area contributed by atoms with Gasteiger partial charge < -0.3 is 5.32 Å². The topological polar surface area (TPSA) is 12.0 Å². The van der Waals surface area contributed by atoms with Crippen molar-refractivity contribution >= 4 is 15.9 Å². The Morgan fingerprint density at radius 1 is 1.00 bits per heavy atom. The van der Waals surface area contributed by atoms with E-state index in [0.29, 0.717) is 12.0 Å². The third kappa shape index (κ3) is 4.98. The molecule has 0 aliphatic carbocycles. The van der Waals surface area contributed by atoms with Crippen LogP contribution in [0.2, 0.25) is 0 Å². The molecule has 0 aliphatic heterocycles. The second kappa shape index (κ2) is 8.35. The predicted molar refractivity (Wildman–Crippen MR) is 94.5 cm³/mol. The van der Waals surface area contributed by atoms with Crippen LogP contribution in [0.4, 0.5) is 0 Å². The molecule has 0 saturated carbocycles. The normalized spacial score (nSPS) is 13.9. The largest absolute Gasteiger partial charge is 0.310 e. The SMILES string of the molecule is CCCNC(c1ccccc1)C(C)Cc1ccc(Br)cc1. The first-order chi connectivity index (χ1) is 10.2. The summed E-state index contributed by atoms with van der Waals surface area (Å²) in [6, 6.07) is 19.9. The molecule has 2 atom stereocenters. The van der Waals surface area contributed by atoms with E-state index < -0.39 is 0 Å². The molecule has 112 valence electrons. The molecule has 0 radical (unpaired) electrons. The van der Waals surface area contributed by atoms with E-state index in [-0.39, 0.29) is 0 Å². The van der Waals surface area contributed by atoms with Crippen LogP contribution in [0.5, 0.6) is 0 Å². The van der Waals surface area contributed by atoms with E-state index in [2.05, 4.69) is 89.7 Å². The number of rotatable bonds is 7. The Kier molecular flexibility index (Phi) is 6.47. The van der Waals surface area contributed by atoms with Crippen molar-refractivity contribution in [3.8, 4) is 0 Å². The van der Waals surface area contributed by atoms with Crippen LogP contribution in [0.25, 0.3) is 0 Å². The van der Waals surface area contributed by atoms with Crippen molar-refractivity contribution in [2.24, 2.45) is 5.92 Å². The van der Waals surface area contributed by atoms with Gasteiger partial charge >= 0.3 is 0 Å². The van der Waals surface area contributed by atoms with Crippen molar-refractivity contribution in [1.82, 2.24) is 5.32 Å². The van der Waals surface area contributed by atoms with Gasteiger partial charge in [-0.25, -0.2) is 0 Å². The monoisotopic (exact) mass is 345 g/mol. The quantitative estimate of drug-likeness (QED) is 0.711. The first-order valence-corrected chi connectivity index (χ1v) is 8.52. The molecular formula is C19H24BrN. The summed E-state index contributed by atoms with van der Waals surface area (Å²) in [5.74, 6) is 0.556. The second-order valence-corrected chi connectivity index (χ2v) is 6.57. The molecule has 0 bridgehead atoms. The number of benzene rings is 2. The highest BCUT2D eigenvalue weighted by Crippen LogP contribution is 2.25. The third-order valence-electron chi connectivity index (χ3n) is 3.81. The molecule has 0 saturated heterocycles. The van der Waals surface area contributed by atoms with E-state index in [4.69, 9.17) is 0 Å². The number of nitrogens with one attached hydrogen (secondary N) is 1. The van der Waals surface area contributed by atoms with Crippen LogP contribution in [0.15, 0.2) is 59.1 Å². The molecule has 1 N–H and O–H groups in total. The molecule has 2 rings (SSSR count). The molecule has 0 fully saturated rings. The lowest BCUT2D eigenvalue weighted by atomic mass is 9.89. The highest BCUT2D eigenvalue weighted by atomic mass is 79.9. The van der Waals surface area contributed by atoms with Crippen LogP contribution in [-0.4, -0.2) is 6.54 Å². The molecule has 0 heterocycles. The van der Waals surface area contributed by atoms with Crippen LogP contribution in [0.1, 0.15) is 37.4 Å². The van der Waals surface area contributed by atoms with Crippen molar-refractivity contribution in [3.63, 3.8) is 0 Å². The summed E-state index contributed by atoms with van der Waals surface area (Å²) in [7, 11) is 0. The van der Waals surface area contributed by atoms with Gasteiger partial charge in [0.2, 0.25) is 0 Å². The van der Waals surface area contributed by atoms with Gasteiger partial charge in [-0.15, -0.1) is 0 Å². The molecule has 0 aliphatic rings. The standard InChI is InChI=1S/C19H24BrN/c1-3-13-21-19(17-7-5-4-6-8-17)15(2)14-16-9-11-18(20)12-10-16/h4-12,15,19,21H,3,13-14H2,1-2H3. The van der Waals surface area contributed by atoms with Crippen molar-refractivity contribution in [1.29, 1.82) is 0 Å². The van der Waals surface area contributed by atoms with Gasteiger partial charge in [-0.1, -0.05) is 72.2 Å². The van der Waals surface area contributed by atoms with Crippen LogP contribution >= 0.6 is 15.9 Å². The predicted octanol–water partition coefficient (Wildman–Crippen LogP) is 5.37. The molecule has 0 amide bonds. The van der Waals surface area contributed by atoms with E-state index in [1.807, 2.05) is 0 Å². The first kappa shape index (κ1) is 16.3. The highest BCUT2D eigenvalue weighted by Gasteiger charge is 2.18. The lowest BCUT2D eigenvalue weighted by molar-refractivity contribution is 0.384. The molecule has 2 aromatic carbocycles. The maximum atomic E-state index is 3.71. The zero-order chi connectivity index (χ0) is 15.1. The van der Waals surface area contributed by atoms with Gasteiger partial charge in [-0.2, -0.15) is 0 Å². The molecule has 1 nitrogen and oxygen atoms in total. The smallest absolute Gasteiger partial charge is 0.0349 e. The molecule has 2 aromatic rings. The van der Waals surface area contributed by atoms with Crippen LogP contribution < -0.4 is 5.32 Å². The second-order valence-electron chi connectivity index (χ2n) is 5.65. The Bertz CT molecular complexity index is 521. The zero-order valence-corrected chi connectivity index (χ0v) is 14.4. The number of hydrogen-bond acceptors (Lipinski definition) is 1. The van der Waals surface area contributed by atoms with Gasteiger partial charge in [0.05, 0.1) is 0 Å². The van der Waals surface area contributed by atoms with Crippen molar-refractivity contribution in [3.05, 3.63) is 70.2 Å². The van der Waals surface area contributed by atoms with Crippen molar-refractivity contribution in [2.45, 2.75) is 32.7 Å². The Morgan fingerprint density at radius 2 is 1.67 bits per heavy atom. The summed E-state index contributed by atoms with van der Waals surface area (Å²) >= 11 is 3.50. The molecule has 2 heteroatoms. The summed E-state index contributed by atoms with van der Waals surface area (Å²) in [6.07, 6.45) is 2.25. The fraction of sp³-hybridized carbons (Fsp3) is 0.368. The Balaban J connectivity index is 2.10. The minimum atomic E-state index is 0.412. The molecular weight excluding hydrogens is 322 g/mol. The van der Waals surface area contributed by atoms with E-state index in [1.165, 1.54) is 11.1 Å². The van der Waals surface area contributed by atoms with Crippen LogP contribution in [0, 0.1) is 5.92 Å². The summed E-state index contributed by atoms with van der Waals surface area (Å²) < 4.78 is 1.14. The van der Waals surface area contributed by atoms with Gasteiger partial charge in [0.15, 0.2) is 0 Å². The van der Waals surface area contributed by atoms with Crippen LogP contribution in [-0.2, 0) is 6.42 Å². The van der Waals surface area contributed by atoms with E-state index in [1.54, 1.807) is 0 Å². The van der Waals surface area contributed by atoms with Crippen LogP contribution in [0.3, 0.4) is 0 Å². The molecule has 2 unspecified atom stereocenters. The minimum absolute atomic E-state index is 0.412. The Morgan fingerprint density at radius 3 is 2.29 bits per heavy atom. The minimum Gasteiger partial charge on any atom is -0.310 e. The van der Waals surface area contributed by atoms with Crippen molar-refractivity contribution in [2.75, 3.05) is 6.54 Å². The summed E-state index contributed by atoms with van der Waals surface area (Å²) in [6.45, 7) is 5.61.